The van der Waals surface area contributed by atoms with Crippen LogP contribution in [0.4, 0.5) is 0 Å². The molecule has 6 heteroatoms. The van der Waals surface area contributed by atoms with Crippen LogP contribution < -0.4 is 4.74 Å². The third kappa shape index (κ3) is 1.99. The Kier molecular flexibility index (Phi) is 3.26. The smallest absolute Gasteiger partial charge is 0.344 e. The van der Waals surface area contributed by atoms with Crippen LogP contribution in [0.25, 0.3) is 0 Å². The molecule has 2 heterocycles. The molecule has 1 aromatic rings. The fourth-order valence-electron chi connectivity index (χ4n) is 1.83. The van der Waals surface area contributed by atoms with E-state index in [-0.39, 0.29) is 18.1 Å². The number of carbonyl (C=O) groups is 1. The topological polar surface area (TPSA) is 68.7 Å². The third-order valence-electron chi connectivity index (χ3n) is 2.88. The Morgan fingerprint density at radius 3 is 3.00 bits per heavy atom. The van der Waals surface area contributed by atoms with Gasteiger partial charge in [0.25, 0.3) is 0 Å². The molecule has 1 atom stereocenters. The molecule has 2 rings (SSSR count). The van der Waals surface area contributed by atoms with Crippen molar-refractivity contribution in [3.63, 3.8) is 0 Å². The summed E-state index contributed by atoms with van der Waals surface area (Å²) < 4.78 is 10.7. The van der Waals surface area contributed by atoms with E-state index in [9.17, 15) is 9.90 Å². The van der Waals surface area contributed by atoms with E-state index in [1.54, 1.807) is 6.07 Å². The van der Waals surface area contributed by atoms with E-state index < -0.39 is 11.6 Å². The van der Waals surface area contributed by atoms with Crippen molar-refractivity contribution in [1.29, 1.82) is 0 Å². The number of carbonyl (C=O) groups excluding carboxylic acids is 1. The van der Waals surface area contributed by atoms with Gasteiger partial charge in [0.15, 0.2) is 0 Å². The van der Waals surface area contributed by atoms with Gasteiger partial charge in [-0.2, -0.15) is 0 Å². The highest BCUT2D eigenvalue weighted by Crippen LogP contribution is 2.37. The maximum absolute atomic E-state index is 11.7. The fraction of sp³-hybridized carbons (Fsp3) is 0.455. The second-order valence-corrected chi connectivity index (χ2v) is 4.94. The van der Waals surface area contributed by atoms with Gasteiger partial charge in [-0.1, -0.05) is 6.92 Å². The van der Waals surface area contributed by atoms with E-state index in [1.807, 2.05) is 29.5 Å². The summed E-state index contributed by atoms with van der Waals surface area (Å²) >= 11 is 2.02. The highest BCUT2D eigenvalue weighted by Gasteiger charge is 2.40. The van der Waals surface area contributed by atoms with Gasteiger partial charge in [-0.15, -0.1) is 0 Å². The number of nitrogens with zero attached hydrogens (tertiary/aromatic N) is 1. The first-order chi connectivity index (χ1) is 8.01. The van der Waals surface area contributed by atoms with Gasteiger partial charge in [-0.05, 0) is 35.1 Å². The monoisotopic (exact) mass is 349 g/mol. The van der Waals surface area contributed by atoms with E-state index >= 15 is 0 Å². The molecule has 17 heavy (non-hydrogen) atoms. The van der Waals surface area contributed by atoms with Crippen molar-refractivity contribution in [2.75, 3.05) is 13.7 Å². The lowest BCUT2D eigenvalue weighted by Crippen LogP contribution is -2.39. The lowest BCUT2D eigenvalue weighted by atomic mass is 9.87. The summed E-state index contributed by atoms with van der Waals surface area (Å²) in [7, 11) is 1.44. The Balaban J connectivity index is 2.71. The zero-order valence-electron chi connectivity index (χ0n) is 9.49. The molecule has 1 aliphatic heterocycles. The summed E-state index contributed by atoms with van der Waals surface area (Å²) in [5, 5.41) is 10.4. The van der Waals surface area contributed by atoms with Gasteiger partial charge in [0.1, 0.15) is 21.5 Å². The highest BCUT2D eigenvalue weighted by molar-refractivity contribution is 14.1. The lowest BCUT2D eigenvalue weighted by Gasteiger charge is -2.32. The van der Waals surface area contributed by atoms with Crippen LogP contribution >= 0.6 is 22.6 Å². The van der Waals surface area contributed by atoms with E-state index in [1.165, 1.54) is 7.11 Å². The van der Waals surface area contributed by atoms with Crippen LogP contribution in [0.5, 0.6) is 5.88 Å². The summed E-state index contributed by atoms with van der Waals surface area (Å²) in [6, 6.07) is 1.70. The number of hydrogen-bond acceptors (Lipinski definition) is 5. The molecule has 1 aromatic heterocycles. The Hall–Kier alpha value is -0.890. The van der Waals surface area contributed by atoms with Gasteiger partial charge in [0, 0.05) is 5.56 Å². The molecule has 0 aromatic carbocycles. The quantitative estimate of drug-likeness (QED) is 0.498. The SMILES string of the molecule is CC[C@@]1(O)COC(=O)c2c1cc(I)nc2OC. The van der Waals surface area contributed by atoms with Crippen LogP contribution in [0.15, 0.2) is 6.07 Å². The third-order valence-corrected chi connectivity index (χ3v) is 3.43. The number of ether oxygens (including phenoxy) is 2. The number of fused-ring (bicyclic) bond motifs is 1. The standard InChI is InChI=1S/C11H12INO4/c1-3-11(15)5-17-10(14)8-6(11)4-7(12)13-9(8)16-2/h4,15H,3,5H2,1-2H3/t11-/m1/s1. The van der Waals surface area contributed by atoms with Gasteiger partial charge in [-0.3, -0.25) is 0 Å². The van der Waals surface area contributed by atoms with E-state index in [2.05, 4.69) is 4.98 Å². The van der Waals surface area contributed by atoms with Crippen molar-refractivity contribution in [2.24, 2.45) is 0 Å². The summed E-state index contributed by atoms with van der Waals surface area (Å²) in [6.45, 7) is 1.81. The average Bonchev–Trinajstić information content (AvgIpc) is 2.33. The first kappa shape index (κ1) is 12.6. The van der Waals surface area contributed by atoms with Gasteiger partial charge in [-0.25, -0.2) is 9.78 Å². The Morgan fingerprint density at radius 2 is 2.41 bits per heavy atom. The van der Waals surface area contributed by atoms with Gasteiger partial charge < -0.3 is 14.6 Å². The number of hydrogen-bond donors (Lipinski definition) is 1. The molecule has 0 aliphatic carbocycles. The van der Waals surface area contributed by atoms with Crippen LogP contribution in [-0.4, -0.2) is 29.8 Å². The predicted molar refractivity (Wildman–Crippen MR) is 68.0 cm³/mol. The molecule has 0 unspecified atom stereocenters. The van der Waals surface area contributed by atoms with Crippen molar-refractivity contribution in [2.45, 2.75) is 18.9 Å². The number of pyridine rings is 1. The van der Waals surface area contributed by atoms with Crippen LogP contribution in [0.1, 0.15) is 29.3 Å². The first-order valence-electron chi connectivity index (χ1n) is 5.16. The van der Waals surface area contributed by atoms with Crippen molar-refractivity contribution in [3.05, 3.63) is 20.9 Å². The summed E-state index contributed by atoms with van der Waals surface area (Å²) in [4.78, 5) is 15.8. The normalized spacial score (nSPS) is 22.9. The highest BCUT2D eigenvalue weighted by atomic mass is 127. The lowest BCUT2D eigenvalue weighted by molar-refractivity contribution is -0.0493. The summed E-state index contributed by atoms with van der Waals surface area (Å²) in [5.74, 6) is -0.303. The molecule has 0 saturated carbocycles. The van der Waals surface area contributed by atoms with E-state index in [0.717, 1.165) is 0 Å². The van der Waals surface area contributed by atoms with Crippen LogP contribution in [0.2, 0.25) is 0 Å². The molecular formula is C11H12INO4. The summed E-state index contributed by atoms with van der Waals surface area (Å²) in [6.07, 6.45) is 0.455. The Morgan fingerprint density at radius 1 is 1.71 bits per heavy atom. The number of halogens is 1. The molecule has 0 spiro atoms. The number of cyclic esters (lactones) is 1. The number of esters is 1. The van der Waals surface area contributed by atoms with Gasteiger partial charge in [0.05, 0.1) is 7.11 Å². The minimum absolute atomic E-state index is 0.0292. The van der Waals surface area contributed by atoms with Crippen molar-refractivity contribution < 1.29 is 19.4 Å². The zero-order chi connectivity index (χ0) is 12.6. The van der Waals surface area contributed by atoms with Crippen LogP contribution in [-0.2, 0) is 10.3 Å². The number of rotatable bonds is 2. The van der Waals surface area contributed by atoms with E-state index in [0.29, 0.717) is 15.7 Å². The van der Waals surface area contributed by atoms with Gasteiger partial charge >= 0.3 is 5.97 Å². The molecule has 0 radical (unpaired) electrons. The molecule has 1 aliphatic rings. The molecule has 0 fully saturated rings. The second kappa shape index (κ2) is 4.41. The van der Waals surface area contributed by atoms with Crippen LogP contribution in [0.3, 0.4) is 0 Å². The fourth-order valence-corrected chi connectivity index (χ4v) is 2.36. The average molecular weight is 349 g/mol. The molecule has 1 N–H and O–H groups in total. The predicted octanol–water partition coefficient (Wildman–Crippen LogP) is 1.46. The minimum Gasteiger partial charge on any atom is -0.480 e. The molecule has 0 saturated heterocycles. The second-order valence-electron chi connectivity index (χ2n) is 3.84. The van der Waals surface area contributed by atoms with Crippen molar-refractivity contribution >= 4 is 28.6 Å². The Labute approximate surface area is 112 Å². The zero-order valence-corrected chi connectivity index (χ0v) is 11.6. The molecular weight excluding hydrogens is 337 g/mol. The minimum atomic E-state index is -1.15. The van der Waals surface area contributed by atoms with Gasteiger partial charge in [0.2, 0.25) is 5.88 Å². The first-order valence-corrected chi connectivity index (χ1v) is 6.24. The summed E-state index contributed by atoms with van der Waals surface area (Å²) in [5.41, 5.74) is -0.393. The van der Waals surface area contributed by atoms with E-state index in [4.69, 9.17) is 9.47 Å². The number of aliphatic hydroxyl groups is 1. The van der Waals surface area contributed by atoms with Crippen molar-refractivity contribution in [3.8, 4) is 5.88 Å². The van der Waals surface area contributed by atoms with Crippen LogP contribution in [0, 0.1) is 3.70 Å². The molecule has 92 valence electrons. The Bertz CT molecular complexity index is 477. The number of aromatic nitrogens is 1. The largest absolute Gasteiger partial charge is 0.480 e. The molecule has 0 bridgehead atoms. The maximum atomic E-state index is 11.7. The van der Waals surface area contributed by atoms with Crippen molar-refractivity contribution in [1.82, 2.24) is 4.98 Å². The molecule has 0 amide bonds. The molecule has 5 nitrogen and oxygen atoms in total. The number of methoxy groups -OCH3 is 1. The maximum Gasteiger partial charge on any atom is 0.344 e.